The van der Waals surface area contributed by atoms with Gasteiger partial charge in [-0.15, -0.1) is 5.10 Å². The van der Waals surface area contributed by atoms with E-state index < -0.39 is 0 Å². The second kappa shape index (κ2) is 1.97. The summed E-state index contributed by atoms with van der Waals surface area (Å²) in [5.74, 6) is 1.60. The third-order valence-corrected chi connectivity index (χ3v) is 1.51. The Hall–Kier alpha value is -1.06. The van der Waals surface area contributed by atoms with Gasteiger partial charge in [-0.05, 0) is 19.8 Å². The highest BCUT2D eigenvalue weighted by molar-refractivity contribution is 5.26. The Balaban J connectivity index is 2.03. The minimum Gasteiger partial charge on any atom is -0.350 e. The highest BCUT2D eigenvalue weighted by Gasteiger charge is 2.21. The second-order valence-corrected chi connectivity index (χ2v) is 2.66. The Morgan fingerprint density at radius 3 is 2.90 bits per heavy atom. The summed E-state index contributed by atoms with van der Waals surface area (Å²) >= 11 is 0. The van der Waals surface area contributed by atoms with E-state index in [4.69, 9.17) is 0 Å². The van der Waals surface area contributed by atoms with Crippen molar-refractivity contribution in [2.75, 3.05) is 5.32 Å². The Morgan fingerprint density at radius 2 is 2.40 bits per heavy atom. The summed E-state index contributed by atoms with van der Waals surface area (Å²) < 4.78 is 0. The predicted molar refractivity (Wildman–Crippen MR) is 37.8 cm³/mol. The Bertz CT molecular complexity index is 225. The quantitative estimate of drug-likeness (QED) is 0.632. The van der Waals surface area contributed by atoms with E-state index in [1.807, 2.05) is 6.92 Å². The van der Waals surface area contributed by atoms with Gasteiger partial charge in [0, 0.05) is 6.04 Å². The summed E-state index contributed by atoms with van der Waals surface area (Å²) in [5, 5.41) is 9.91. The summed E-state index contributed by atoms with van der Waals surface area (Å²) in [6, 6.07) is 0.634. The molecule has 0 bridgehead atoms. The molecule has 1 fully saturated rings. The smallest absolute Gasteiger partial charge is 0.242 e. The topological polar surface area (TPSA) is 53.6 Å². The van der Waals surface area contributed by atoms with Gasteiger partial charge >= 0.3 is 0 Å². The first kappa shape index (κ1) is 5.70. The standard InChI is InChI=1S/C6H10N4/c1-4-7-6(10-9-4)8-5-2-3-5/h5H,2-3H2,1H3,(H2,7,8,9,10). The monoisotopic (exact) mass is 138 g/mol. The molecule has 10 heavy (non-hydrogen) atoms. The summed E-state index contributed by atoms with van der Waals surface area (Å²) in [6.45, 7) is 1.89. The third kappa shape index (κ3) is 1.10. The van der Waals surface area contributed by atoms with Crippen LogP contribution in [0.3, 0.4) is 0 Å². The van der Waals surface area contributed by atoms with Gasteiger partial charge in [0.15, 0.2) is 0 Å². The molecule has 0 aliphatic heterocycles. The number of hydrogen-bond acceptors (Lipinski definition) is 3. The maximum Gasteiger partial charge on any atom is 0.242 e. The fourth-order valence-corrected chi connectivity index (χ4v) is 0.817. The van der Waals surface area contributed by atoms with Crippen molar-refractivity contribution in [3.8, 4) is 0 Å². The van der Waals surface area contributed by atoms with E-state index in [0.29, 0.717) is 6.04 Å². The van der Waals surface area contributed by atoms with E-state index in [9.17, 15) is 0 Å². The van der Waals surface area contributed by atoms with Crippen LogP contribution in [-0.4, -0.2) is 21.2 Å². The lowest BCUT2D eigenvalue weighted by Gasteiger charge is -1.93. The van der Waals surface area contributed by atoms with E-state index in [1.54, 1.807) is 0 Å². The van der Waals surface area contributed by atoms with Gasteiger partial charge < -0.3 is 5.32 Å². The maximum absolute atomic E-state index is 4.11. The normalized spacial score (nSPS) is 17.3. The number of aromatic amines is 1. The maximum atomic E-state index is 4.11. The van der Waals surface area contributed by atoms with Gasteiger partial charge in [-0.25, -0.2) is 0 Å². The zero-order valence-electron chi connectivity index (χ0n) is 5.89. The molecule has 1 aromatic rings. The largest absolute Gasteiger partial charge is 0.350 e. The van der Waals surface area contributed by atoms with Crippen LogP contribution in [0.25, 0.3) is 0 Å². The lowest BCUT2D eigenvalue weighted by Crippen LogP contribution is -2.01. The zero-order valence-corrected chi connectivity index (χ0v) is 5.89. The molecule has 1 aliphatic rings. The average molecular weight is 138 g/mol. The molecule has 1 aliphatic carbocycles. The number of anilines is 1. The number of rotatable bonds is 2. The molecule has 0 radical (unpaired) electrons. The number of nitrogens with zero attached hydrogens (tertiary/aromatic N) is 2. The van der Waals surface area contributed by atoms with Crippen LogP contribution in [0.5, 0.6) is 0 Å². The van der Waals surface area contributed by atoms with Gasteiger partial charge in [0.25, 0.3) is 0 Å². The van der Waals surface area contributed by atoms with Gasteiger partial charge in [0.2, 0.25) is 5.95 Å². The molecule has 1 aromatic heterocycles. The molecule has 4 nitrogen and oxygen atoms in total. The fraction of sp³-hybridized carbons (Fsp3) is 0.667. The van der Waals surface area contributed by atoms with Crippen LogP contribution in [0, 0.1) is 6.92 Å². The lowest BCUT2D eigenvalue weighted by atomic mass is 10.7. The summed E-state index contributed by atoms with van der Waals surface area (Å²) in [6.07, 6.45) is 2.52. The third-order valence-electron chi connectivity index (χ3n) is 1.51. The minimum absolute atomic E-state index is 0.634. The number of aryl methyl sites for hydroxylation is 1. The van der Waals surface area contributed by atoms with Crippen LogP contribution < -0.4 is 5.32 Å². The van der Waals surface area contributed by atoms with Crippen molar-refractivity contribution in [1.82, 2.24) is 15.2 Å². The van der Waals surface area contributed by atoms with Gasteiger partial charge in [-0.1, -0.05) is 0 Å². The first-order chi connectivity index (χ1) is 4.84. The summed E-state index contributed by atoms with van der Waals surface area (Å²) in [4.78, 5) is 4.11. The van der Waals surface area contributed by atoms with Crippen LogP contribution in [0.1, 0.15) is 18.7 Å². The molecule has 4 heteroatoms. The molecule has 0 spiro atoms. The van der Waals surface area contributed by atoms with E-state index >= 15 is 0 Å². The highest BCUT2D eigenvalue weighted by Crippen LogP contribution is 2.22. The Morgan fingerprint density at radius 1 is 1.60 bits per heavy atom. The summed E-state index contributed by atoms with van der Waals surface area (Å²) in [7, 11) is 0. The molecule has 0 aromatic carbocycles. The van der Waals surface area contributed by atoms with Crippen molar-refractivity contribution >= 4 is 5.95 Å². The van der Waals surface area contributed by atoms with Gasteiger partial charge in [-0.2, -0.15) is 4.98 Å². The first-order valence-corrected chi connectivity index (χ1v) is 3.50. The number of hydrogen-bond donors (Lipinski definition) is 2. The highest BCUT2D eigenvalue weighted by atomic mass is 15.3. The SMILES string of the molecule is Cc1nc(NC2CC2)n[nH]1. The van der Waals surface area contributed by atoms with Crippen molar-refractivity contribution in [2.24, 2.45) is 0 Å². The summed E-state index contributed by atoms with van der Waals surface area (Å²) in [5.41, 5.74) is 0. The number of nitrogens with one attached hydrogen (secondary N) is 2. The van der Waals surface area contributed by atoms with E-state index in [0.717, 1.165) is 11.8 Å². The fourth-order valence-electron chi connectivity index (χ4n) is 0.817. The van der Waals surface area contributed by atoms with Crippen molar-refractivity contribution < 1.29 is 0 Å². The number of aromatic nitrogens is 3. The molecule has 2 rings (SSSR count). The van der Waals surface area contributed by atoms with Gasteiger partial charge in [0.1, 0.15) is 5.82 Å². The molecule has 2 N–H and O–H groups in total. The lowest BCUT2D eigenvalue weighted by molar-refractivity contribution is 1.02. The molecule has 0 amide bonds. The van der Waals surface area contributed by atoms with Crippen molar-refractivity contribution in [2.45, 2.75) is 25.8 Å². The molecular formula is C6H10N4. The first-order valence-electron chi connectivity index (χ1n) is 3.50. The minimum atomic E-state index is 0.634. The zero-order chi connectivity index (χ0) is 6.97. The van der Waals surface area contributed by atoms with Crippen molar-refractivity contribution in [3.63, 3.8) is 0 Å². The second-order valence-electron chi connectivity index (χ2n) is 2.66. The van der Waals surface area contributed by atoms with Gasteiger partial charge in [-0.3, -0.25) is 5.10 Å². The molecular weight excluding hydrogens is 128 g/mol. The van der Waals surface area contributed by atoms with Crippen LogP contribution in [-0.2, 0) is 0 Å². The van der Waals surface area contributed by atoms with Gasteiger partial charge in [0.05, 0.1) is 0 Å². The molecule has 1 saturated carbocycles. The van der Waals surface area contributed by atoms with E-state index in [2.05, 4.69) is 20.5 Å². The molecule has 0 unspecified atom stereocenters. The van der Waals surface area contributed by atoms with Crippen LogP contribution in [0.2, 0.25) is 0 Å². The van der Waals surface area contributed by atoms with Crippen molar-refractivity contribution in [3.05, 3.63) is 5.82 Å². The Labute approximate surface area is 59.1 Å². The molecule has 54 valence electrons. The van der Waals surface area contributed by atoms with E-state index in [1.165, 1.54) is 12.8 Å². The predicted octanol–water partition coefficient (Wildman–Crippen LogP) is 0.687. The molecule has 0 atom stereocenters. The van der Waals surface area contributed by atoms with Crippen LogP contribution >= 0.6 is 0 Å². The molecule has 0 saturated heterocycles. The molecule has 1 heterocycles. The number of H-pyrrole nitrogens is 1. The van der Waals surface area contributed by atoms with Crippen LogP contribution in [0.15, 0.2) is 0 Å². The van der Waals surface area contributed by atoms with Crippen LogP contribution in [0.4, 0.5) is 5.95 Å². The Kier molecular flexibility index (Phi) is 1.12. The van der Waals surface area contributed by atoms with E-state index in [-0.39, 0.29) is 0 Å². The van der Waals surface area contributed by atoms with Crippen molar-refractivity contribution in [1.29, 1.82) is 0 Å². The average Bonchev–Trinajstić information content (AvgIpc) is 2.59.